The first-order chi connectivity index (χ1) is 10.0. The molecule has 0 spiro atoms. The highest BCUT2D eigenvalue weighted by Crippen LogP contribution is 2.26. The van der Waals surface area contributed by atoms with Crippen LogP contribution in [0.1, 0.15) is 17.4 Å². The van der Waals surface area contributed by atoms with Crippen molar-refractivity contribution in [3.8, 4) is 16.3 Å². The fourth-order valence-corrected chi connectivity index (χ4v) is 2.31. The maximum atomic E-state index is 11.8. The second kappa shape index (κ2) is 6.36. The third-order valence-corrected chi connectivity index (χ3v) is 3.63. The number of benzene rings is 1. The van der Waals surface area contributed by atoms with E-state index < -0.39 is 18.0 Å². The molecule has 0 saturated carbocycles. The zero-order valence-corrected chi connectivity index (χ0v) is 12.3. The van der Waals surface area contributed by atoms with Crippen LogP contribution >= 0.6 is 11.3 Å². The molecule has 1 atom stereocenters. The van der Waals surface area contributed by atoms with E-state index in [0.717, 1.165) is 11.3 Å². The highest BCUT2D eigenvalue weighted by Gasteiger charge is 2.19. The van der Waals surface area contributed by atoms with Gasteiger partial charge in [0.1, 0.15) is 10.8 Å². The summed E-state index contributed by atoms with van der Waals surface area (Å²) in [5, 5.41) is 2.26. The zero-order valence-electron chi connectivity index (χ0n) is 11.5. The van der Waals surface area contributed by atoms with E-state index in [2.05, 4.69) is 4.98 Å². The average Bonchev–Trinajstić information content (AvgIpc) is 2.97. The van der Waals surface area contributed by atoms with Crippen molar-refractivity contribution in [2.24, 2.45) is 5.73 Å². The number of nitrogens with two attached hydrogens (primary N) is 1. The summed E-state index contributed by atoms with van der Waals surface area (Å²) >= 11 is 1.31. The number of amides is 1. The summed E-state index contributed by atoms with van der Waals surface area (Å²) in [6.45, 7) is 1.41. The number of primary amides is 1. The van der Waals surface area contributed by atoms with E-state index in [1.54, 1.807) is 12.5 Å². The van der Waals surface area contributed by atoms with Crippen molar-refractivity contribution >= 4 is 23.2 Å². The van der Waals surface area contributed by atoms with Crippen LogP contribution in [0.5, 0.6) is 5.75 Å². The molecular formula is C14H14N2O4S. The van der Waals surface area contributed by atoms with Crippen molar-refractivity contribution in [1.82, 2.24) is 4.98 Å². The van der Waals surface area contributed by atoms with E-state index >= 15 is 0 Å². The number of rotatable bonds is 5. The Hall–Kier alpha value is -2.41. The normalized spacial score (nSPS) is 11.7. The predicted octanol–water partition coefficient (Wildman–Crippen LogP) is 1.85. The first kappa shape index (κ1) is 15.0. The standard InChI is InChI=1S/C14H14N2O4S/c1-8(12(15)17)20-14(18)11-7-21-13(16-11)9-3-5-10(19-2)6-4-9/h3-8H,1-2H3,(H2,15,17)/t8-/m0/s1. The largest absolute Gasteiger partial charge is 0.497 e. The molecule has 6 nitrogen and oxygen atoms in total. The van der Waals surface area contributed by atoms with Crippen LogP contribution in [0.25, 0.3) is 10.6 Å². The van der Waals surface area contributed by atoms with Gasteiger partial charge in [0, 0.05) is 10.9 Å². The number of hydrogen-bond acceptors (Lipinski definition) is 6. The highest BCUT2D eigenvalue weighted by molar-refractivity contribution is 7.13. The molecule has 1 aromatic heterocycles. The Morgan fingerprint density at radius 1 is 1.29 bits per heavy atom. The van der Waals surface area contributed by atoms with Crippen molar-refractivity contribution in [2.45, 2.75) is 13.0 Å². The van der Waals surface area contributed by atoms with Crippen LogP contribution in [-0.4, -0.2) is 30.1 Å². The maximum absolute atomic E-state index is 11.8. The SMILES string of the molecule is COc1ccc(-c2nc(C(=O)O[C@@H](C)C(N)=O)cs2)cc1. The van der Waals surface area contributed by atoms with Crippen molar-refractivity contribution in [3.05, 3.63) is 35.3 Å². The van der Waals surface area contributed by atoms with Crippen LogP contribution in [0.4, 0.5) is 0 Å². The third-order valence-electron chi connectivity index (χ3n) is 2.73. The van der Waals surface area contributed by atoms with Gasteiger partial charge in [-0.15, -0.1) is 11.3 Å². The molecule has 0 bridgehead atoms. The lowest BCUT2D eigenvalue weighted by Crippen LogP contribution is -2.30. The van der Waals surface area contributed by atoms with Gasteiger partial charge in [-0.1, -0.05) is 0 Å². The van der Waals surface area contributed by atoms with Gasteiger partial charge in [-0.2, -0.15) is 0 Å². The number of ether oxygens (including phenoxy) is 2. The molecule has 110 valence electrons. The van der Waals surface area contributed by atoms with E-state index in [4.69, 9.17) is 15.2 Å². The molecule has 0 saturated heterocycles. The van der Waals surface area contributed by atoms with Crippen molar-refractivity contribution in [3.63, 3.8) is 0 Å². The number of methoxy groups -OCH3 is 1. The molecule has 0 unspecified atom stereocenters. The first-order valence-electron chi connectivity index (χ1n) is 6.11. The lowest BCUT2D eigenvalue weighted by atomic mass is 10.2. The molecule has 0 fully saturated rings. The molecule has 7 heteroatoms. The Labute approximate surface area is 125 Å². The quantitative estimate of drug-likeness (QED) is 0.851. The summed E-state index contributed by atoms with van der Waals surface area (Å²) in [6, 6.07) is 7.31. The van der Waals surface area contributed by atoms with Gasteiger partial charge in [0.05, 0.1) is 7.11 Å². The molecule has 0 aliphatic rings. The molecule has 2 N–H and O–H groups in total. The summed E-state index contributed by atoms with van der Waals surface area (Å²) in [5.74, 6) is -0.628. The molecule has 0 aliphatic heterocycles. The number of esters is 1. The van der Waals surface area contributed by atoms with Crippen LogP contribution in [-0.2, 0) is 9.53 Å². The maximum Gasteiger partial charge on any atom is 0.358 e. The summed E-state index contributed by atoms with van der Waals surface area (Å²) in [4.78, 5) is 26.9. The number of carbonyl (C=O) groups is 2. The van der Waals surface area contributed by atoms with Crippen molar-refractivity contribution in [2.75, 3.05) is 7.11 Å². The Kier molecular flexibility index (Phi) is 4.54. The summed E-state index contributed by atoms with van der Waals surface area (Å²) in [5.41, 5.74) is 6.06. The lowest BCUT2D eigenvalue weighted by molar-refractivity contribution is -0.125. The highest BCUT2D eigenvalue weighted by atomic mass is 32.1. The average molecular weight is 306 g/mol. The van der Waals surface area contributed by atoms with E-state index in [0.29, 0.717) is 5.01 Å². The molecule has 0 radical (unpaired) electrons. The van der Waals surface area contributed by atoms with Gasteiger partial charge in [0.2, 0.25) is 0 Å². The summed E-state index contributed by atoms with van der Waals surface area (Å²) < 4.78 is 9.97. The van der Waals surface area contributed by atoms with Gasteiger partial charge >= 0.3 is 5.97 Å². The van der Waals surface area contributed by atoms with Gasteiger partial charge in [-0.05, 0) is 31.2 Å². The molecule has 21 heavy (non-hydrogen) atoms. The Morgan fingerprint density at radius 2 is 1.95 bits per heavy atom. The van der Waals surface area contributed by atoms with Gasteiger partial charge in [-0.3, -0.25) is 4.79 Å². The number of thiazole rings is 1. The van der Waals surface area contributed by atoms with E-state index in [1.165, 1.54) is 18.3 Å². The lowest BCUT2D eigenvalue weighted by Gasteiger charge is -2.07. The Bertz CT molecular complexity index is 651. The van der Waals surface area contributed by atoms with Crippen LogP contribution < -0.4 is 10.5 Å². The van der Waals surface area contributed by atoms with Crippen LogP contribution in [0.2, 0.25) is 0 Å². The topological polar surface area (TPSA) is 91.5 Å². The van der Waals surface area contributed by atoms with Gasteiger partial charge in [0.25, 0.3) is 5.91 Å². The second-order valence-corrected chi connectivity index (χ2v) is 5.07. The third kappa shape index (κ3) is 3.57. The molecular weight excluding hydrogens is 292 g/mol. The zero-order chi connectivity index (χ0) is 15.4. The van der Waals surface area contributed by atoms with Crippen molar-refractivity contribution < 1.29 is 19.1 Å². The van der Waals surface area contributed by atoms with E-state index in [9.17, 15) is 9.59 Å². The minimum Gasteiger partial charge on any atom is -0.497 e. The Morgan fingerprint density at radius 3 is 2.52 bits per heavy atom. The fourth-order valence-electron chi connectivity index (χ4n) is 1.51. The minimum atomic E-state index is -0.983. The molecule has 1 amide bonds. The number of nitrogens with zero attached hydrogens (tertiary/aromatic N) is 1. The molecule has 1 aromatic carbocycles. The minimum absolute atomic E-state index is 0.152. The van der Waals surface area contributed by atoms with Crippen LogP contribution in [0.3, 0.4) is 0 Å². The fraction of sp³-hybridized carbons (Fsp3) is 0.214. The van der Waals surface area contributed by atoms with Crippen LogP contribution in [0, 0.1) is 0 Å². The summed E-state index contributed by atoms with van der Waals surface area (Å²) in [7, 11) is 1.59. The molecule has 0 aliphatic carbocycles. The molecule has 1 heterocycles. The number of hydrogen-bond donors (Lipinski definition) is 1. The molecule has 2 rings (SSSR count). The van der Waals surface area contributed by atoms with E-state index in [1.807, 2.05) is 24.3 Å². The molecule has 2 aromatic rings. The van der Waals surface area contributed by atoms with Crippen LogP contribution in [0.15, 0.2) is 29.6 Å². The number of carbonyl (C=O) groups excluding carboxylic acids is 2. The van der Waals surface area contributed by atoms with Gasteiger partial charge in [-0.25, -0.2) is 9.78 Å². The Balaban J connectivity index is 2.13. The first-order valence-corrected chi connectivity index (χ1v) is 6.99. The van der Waals surface area contributed by atoms with Crippen molar-refractivity contribution in [1.29, 1.82) is 0 Å². The van der Waals surface area contributed by atoms with Gasteiger partial charge < -0.3 is 15.2 Å². The second-order valence-electron chi connectivity index (χ2n) is 4.22. The predicted molar refractivity (Wildman–Crippen MR) is 78.2 cm³/mol. The summed E-state index contributed by atoms with van der Waals surface area (Å²) in [6.07, 6.45) is -0.983. The van der Waals surface area contributed by atoms with Gasteiger partial charge in [0.15, 0.2) is 11.8 Å². The number of aromatic nitrogens is 1. The van der Waals surface area contributed by atoms with E-state index in [-0.39, 0.29) is 5.69 Å². The monoisotopic (exact) mass is 306 g/mol. The smallest absolute Gasteiger partial charge is 0.358 e.